The molecular weight excluding hydrogens is 446 g/mol. The number of para-hydroxylation sites is 1. The van der Waals surface area contributed by atoms with Crippen LogP contribution in [0, 0.1) is 25.2 Å². The van der Waals surface area contributed by atoms with E-state index >= 15 is 0 Å². The molecule has 0 aliphatic rings. The van der Waals surface area contributed by atoms with Gasteiger partial charge in [0.25, 0.3) is 11.1 Å². The number of ether oxygens (including phenoxy) is 1. The van der Waals surface area contributed by atoms with Crippen LogP contribution in [-0.4, -0.2) is 32.8 Å². The molecule has 10 heteroatoms. The topological polar surface area (TPSA) is 103 Å². The summed E-state index contributed by atoms with van der Waals surface area (Å²) < 4.78 is 8.19. The minimum atomic E-state index is -0.252. The summed E-state index contributed by atoms with van der Waals surface area (Å²) in [5, 5.41) is 10.9. The maximum Gasteiger partial charge on any atom is 0.263 e. The molecule has 8 nitrogen and oxygen atoms in total. The molecule has 4 rings (SSSR count). The minimum absolute atomic E-state index is 0.0984. The lowest BCUT2D eigenvalue weighted by molar-refractivity contribution is 0.183. The predicted molar refractivity (Wildman–Crippen MR) is 126 cm³/mol. The van der Waals surface area contributed by atoms with Crippen molar-refractivity contribution in [3.8, 4) is 6.07 Å². The molecule has 0 radical (unpaired) electrons. The lowest BCUT2D eigenvalue weighted by Gasteiger charge is -2.13. The number of benzene rings is 1. The van der Waals surface area contributed by atoms with Crippen molar-refractivity contribution in [3.63, 3.8) is 0 Å². The van der Waals surface area contributed by atoms with E-state index in [-0.39, 0.29) is 23.4 Å². The summed E-state index contributed by atoms with van der Waals surface area (Å²) in [6, 6.07) is 9.11. The molecule has 3 aromatic heterocycles. The molecule has 0 aliphatic carbocycles. The first kappa shape index (κ1) is 22.2. The van der Waals surface area contributed by atoms with Crippen LogP contribution < -0.4 is 11.1 Å². The summed E-state index contributed by atoms with van der Waals surface area (Å²) in [6.07, 6.45) is 0. The molecule has 3 heterocycles. The van der Waals surface area contributed by atoms with E-state index in [9.17, 15) is 14.9 Å². The second kappa shape index (κ2) is 9.24. The van der Waals surface area contributed by atoms with Crippen molar-refractivity contribution in [1.82, 2.24) is 19.1 Å². The third-order valence-electron chi connectivity index (χ3n) is 5.27. The zero-order valence-electron chi connectivity index (χ0n) is 17.9. The molecule has 0 fully saturated rings. The molecule has 0 saturated heterocycles. The lowest BCUT2D eigenvalue weighted by atomic mass is 10.2. The third-order valence-corrected chi connectivity index (χ3v) is 7.35. The Labute approximate surface area is 192 Å². The highest BCUT2D eigenvalue weighted by atomic mass is 32.2. The summed E-state index contributed by atoms with van der Waals surface area (Å²) >= 11 is 2.82. The monoisotopic (exact) mass is 467 g/mol. The van der Waals surface area contributed by atoms with Crippen LogP contribution in [0.25, 0.3) is 21.1 Å². The van der Waals surface area contributed by atoms with Crippen LogP contribution in [0.4, 0.5) is 0 Å². The highest BCUT2D eigenvalue weighted by Crippen LogP contribution is 2.29. The number of hydrogen-bond acceptors (Lipinski definition) is 8. The Morgan fingerprint density at radius 3 is 2.69 bits per heavy atom. The van der Waals surface area contributed by atoms with Crippen molar-refractivity contribution >= 4 is 44.2 Å². The quantitative estimate of drug-likeness (QED) is 0.304. The Balaban J connectivity index is 1.80. The molecule has 0 aliphatic heterocycles. The number of hydrogen-bond donors (Lipinski definition) is 0. The first-order chi connectivity index (χ1) is 15.5. The van der Waals surface area contributed by atoms with Crippen LogP contribution in [0.5, 0.6) is 0 Å². The summed E-state index contributed by atoms with van der Waals surface area (Å²) in [4.78, 5) is 37.3. The van der Waals surface area contributed by atoms with E-state index in [0.29, 0.717) is 45.3 Å². The molecule has 4 aromatic rings. The van der Waals surface area contributed by atoms with Gasteiger partial charge in [0, 0.05) is 12.0 Å². The summed E-state index contributed by atoms with van der Waals surface area (Å²) in [5.41, 5.74) is 1.17. The Bertz CT molecular complexity index is 1480. The number of methoxy groups -OCH3 is 1. The van der Waals surface area contributed by atoms with Gasteiger partial charge >= 0.3 is 0 Å². The normalized spacial score (nSPS) is 11.3. The van der Waals surface area contributed by atoms with Crippen LogP contribution >= 0.6 is 23.1 Å². The second-order valence-corrected chi connectivity index (χ2v) is 9.34. The summed E-state index contributed by atoms with van der Waals surface area (Å²) in [6.45, 7) is 4.55. The van der Waals surface area contributed by atoms with Gasteiger partial charge in [-0.2, -0.15) is 5.26 Å². The summed E-state index contributed by atoms with van der Waals surface area (Å²) in [5.74, 6) is 0.752. The zero-order chi connectivity index (χ0) is 22.8. The van der Waals surface area contributed by atoms with Crippen molar-refractivity contribution in [1.29, 1.82) is 5.26 Å². The number of fused-ring (bicyclic) bond motifs is 2. The highest BCUT2D eigenvalue weighted by molar-refractivity contribution is 7.98. The molecule has 32 heavy (non-hydrogen) atoms. The van der Waals surface area contributed by atoms with Gasteiger partial charge < -0.3 is 4.74 Å². The molecule has 0 bridgehead atoms. The molecule has 164 valence electrons. The number of thioether (sulfide) groups is 1. The SMILES string of the molecule is COCCn1c(SCc2nc3ccccc3c(=O)n2CC#N)nc2sc(C)c(C)c2c1=O. The fraction of sp³-hybridized carbons (Fsp3) is 0.318. The number of nitriles is 1. The molecule has 0 atom stereocenters. The fourth-order valence-electron chi connectivity index (χ4n) is 3.49. The summed E-state index contributed by atoms with van der Waals surface area (Å²) in [7, 11) is 1.59. The van der Waals surface area contributed by atoms with Crippen molar-refractivity contribution in [3.05, 3.63) is 61.2 Å². The maximum atomic E-state index is 13.2. The first-order valence-corrected chi connectivity index (χ1v) is 11.7. The van der Waals surface area contributed by atoms with E-state index in [1.807, 2.05) is 26.0 Å². The van der Waals surface area contributed by atoms with Gasteiger partial charge in [0.1, 0.15) is 17.2 Å². The highest BCUT2D eigenvalue weighted by Gasteiger charge is 2.18. The van der Waals surface area contributed by atoms with E-state index in [1.165, 1.54) is 27.7 Å². The van der Waals surface area contributed by atoms with E-state index in [1.54, 1.807) is 29.9 Å². The van der Waals surface area contributed by atoms with Crippen molar-refractivity contribution < 1.29 is 4.74 Å². The molecule has 0 unspecified atom stereocenters. The number of rotatable bonds is 7. The first-order valence-electron chi connectivity index (χ1n) is 9.94. The van der Waals surface area contributed by atoms with Gasteiger partial charge in [-0.15, -0.1) is 11.3 Å². The van der Waals surface area contributed by atoms with Crippen LogP contribution in [0.3, 0.4) is 0 Å². The number of aromatic nitrogens is 4. The zero-order valence-corrected chi connectivity index (χ0v) is 19.5. The van der Waals surface area contributed by atoms with Crippen molar-refractivity contribution in [2.45, 2.75) is 37.8 Å². The Kier molecular flexibility index (Phi) is 6.41. The van der Waals surface area contributed by atoms with Crippen LogP contribution in [0.1, 0.15) is 16.3 Å². The molecule has 1 aromatic carbocycles. The molecule has 0 amide bonds. The van der Waals surface area contributed by atoms with Gasteiger partial charge in [0.15, 0.2) is 5.16 Å². The minimum Gasteiger partial charge on any atom is -0.383 e. The Hall–Kier alpha value is -3.00. The maximum absolute atomic E-state index is 13.2. The van der Waals surface area contributed by atoms with E-state index in [2.05, 4.69) is 4.98 Å². The van der Waals surface area contributed by atoms with E-state index in [0.717, 1.165) is 10.4 Å². The number of thiophene rings is 1. The van der Waals surface area contributed by atoms with E-state index < -0.39 is 0 Å². The van der Waals surface area contributed by atoms with Crippen LogP contribution in [0.2, 0.25) is 0 Å². The van der Waals surface area contributed by atoms with E-state index in [4.69, 9.17) is 9.72 Å². The van der Waals surface area contributed by atoms with Gasteiger partial charge in [-0.25, -0.2) is 9.97 Å². The smallest absolute Gasteiger partial charge is 0.263 e. The Morgan fingerprint density at radius 1 is 1.16 bits per heavy atom. The number of aryl methyl sites for hydroxylation is 2. The lowest BCUT2D eigenvalue weighted by Crippen LogP contribution is -2.26. The van der Waals surface area contributed by atoms with Gasteiger partial charge in [-0.3, -0.25) is 18.7 Å². The standard InChI is InChI=1S/C22H21N5O3S2/c1-13-14(2)32-19-18(13)21(29)27(10-11-30-3)22(25-19)31-12-17-24-16-7-5-4-6-15(16)20(28)26(17)9-8-23/h4-7H,9-12H2,1-3H3. The molecule has 0 N–H and O–H groups in total. The van der Waals surface area contributed by atoms with Crippen LogP contribution in [0.15, 0.2) is 39.0 Å². The molecule has 0 spiro atoms. The largest absolute Gasteiger partial charge is 0.383 e. The number of nitrogens with zero attached hydrogens (tertiary/aromatic N) is 5. The van der Waals surface area contributed by atoms with Gasteiger partial charge in [0.05, 0.1) is 41.3 Å². The van der Waals surface area contributed by atoms with Crippen molar-refractivity contribution in [2.24, 2.45) is 0 Å². The predicted octanol–water partition coefficient (Wildman–Crippen LogP) is 3.25. The fourth-order valence-corrected chi connectivity index (χ4v) is 5.53. The Morgan fingerprint density at radius 2 is 1.94 bits per heavy atom. The average Bonchev–Trinajstić information content (AvgIpc) is 3.07. The van der Waals surface area contributed by atoms with Crippen LogP contribution in [-0.2, 0) is 23.6 Å². The third kappa shape index (κ3) is 3.95. The molecule has 0 saturated carbocycles. The van der Waals surface area contributed by atoms with Gasteiger partial charge in [0.2, 0.25) is 0 Å². The molecular formula is C22H21N5O3S2. The average molecular weight is 468 g/mol. The second-order valence-electron chi connectivity index (χ2n) is 7.19. The van der Waals surface area contributed by atoms with Gasteiger partial charge in [-0.1, -0.05) is 23.9 Å². The van der Waals surface area contributed by atoms with Crippen molar-refractivity contribution in [2.75, 3.05) is 13.7 Å². The van der Waals surface area contributed by atoms with Gasteiger partial charge in [-0.05, 0) is 31.5 Å².